The molecular formula is C22H21N5O. The number of benzene rings is 2. The largest absolute Gasteiger partial charge is 0.334 e. The molecule has 6 nitrogen and oxygen atoms in total. The Morgan fingerprint density at radius 1 is 1.07 bits per heavy atom. The summed E-state index contributed by atoms with van der Waals surface area (Å²) in [5, 5.41) is 13.9. The van der Waals surface area contributed by atoms with Gasteiger partial charge in [-0.05, 0) is 48.7 Å². The van der Waals surface area contributed by atoms with Gasteiger partial charge in [0.25, 0.3) is 0 Å². The third kappa shape index (κ3) is 3.71. The summed E-state index contributed by atoms with van der Waals surface area (Å²) in [6, 6.07) is 17.6. The van der Waals surface area contributed by atoms with Crippen molar-refractivity contribution < 1.29 is 4.79 Å². The van der Waals surface area contributed by atoms with Crippen molar-refractivity contribution in [2.45, 2.75) is 20.4 Å². The second-order valence-corrected chi connectivity index (χ2v) is 6.78. The number of hydrogen-bond donors (Lipinski definition) is 3. The van der Waals surface area contributed by atoms with Crippen LogP contribution in [-0.4, -0.2) is 21.2 Å². The minimum absolute atomic E-state index is 0.230. The van der Waals surface area contributed by atoms with E-state index in [0.717, 1.165) is 33.5 Å². The summed E-state index contributed by atoms with van der Waals surface area (Å²) in [4.78, 5) is 16.5. The average Bonchev–Trinajstić information content (AvgIpc) is 3.08. The predicted octanol–water partition coefficient (Wildman–Crippen LogP) is 4.56. The molecule has 2 amide bonds. The van der Waals surface area contributed by atoms with Gasteiger partial charge in [-0.3, -0.25) is 5.10 Å². The molecule has 2 aromatic carbocycles. The molecule has 0 fully saturated rings. The lowest BCUT2D eigenvalue weighted by Crippen LogP contribution is -2.28. The zero-order valence-electron chi connectivity index (χ0n) is 15.8. The van der Waals surface area contributed by atoms with Crippen LogP contribution in [0.4, 0.5) is 10.5 Å². The lowest BCUT2D eigenvalue weighted by Gasteiger charge is -2.09. The molecular weight excluding hydrogens is 350 g/mol. The van der Waals surface area contributed by atoms with Gasteiger partial charge in [0.05, 0.1) is 0 Å². The number of carbonyl (C=O) groups excluding carboxylic acids is 1. The molecule has 0 atom stereocenters. The van der Waals surface area contributed by atoms with Gasteiger partial charge < -0.3 is 10.6 Å². The van der Waals surface area contributed by atoms with Crippen molar-refractivity contribution in [3.63, 3.8) is 0 Å². The van der Waals surface area contributed by atoms with Crippen LogP contribution in [-0.2, 0) is 6.54 Å². The Balaban J connectivity index is 1.44. The summed E-state index contributed by atoms with van der Waals surface area (Å²) < 4.78 is 0. The van der Waals surface area contributed by atoms with Crippen LogP contribution in [0, 0.1) is 13.8 Å². The van der Waals surface area contributed by atoms with Crippen molar-refractivity contribution in [3.8, 4) is 11.1 Å². The van der Waals surface area contributed by atoms with Crippen molar-refractivity contribution in [1.29, 1.82) is 0 Å². The highest BCUT2D eigenvalue weighted by Gasteiger charge is 2.10. The minimum Gasteiger partial charge on any atom is -0.334 e. The topological polar surface area (TPSA) is 82.7 Å². The lowest BCUT2D eigenvalue weighted by atomic mass is 10.0. The normalized spacial score (nSPS) is 10.8. The lowest BCUT2D eigenvalue weighted by molar-refractivity contribution is 0.251. The number of rotatable bonds is 4. The van der Waals surface area contributed by atoms with Gasteiger partial charge in [0.1, 0.15) is 0 Å². The van der Waals surface area contributed by atoms with Crippen molar-refractivity contribution in [2.75, 3.05) is 5.32 Å². The van der Waals surface area contributed by atoms with E-state index in [2.05, 4.69) is 31.9 Å². The van der Waals surface area contributed by atoms with E-state index < -0.39 is 0 Å². The maximum Gasteiger partial charge on any atom is 0.319 e. The number of fused-ring (bicyclic) bond motifs is 1. The first-order valence-corrected chi connectivity index (χ1v) is 9.10. The first-order chi connectivity index (χ1) is 13.6. The standard InChI is InChI=1S/C22H21N5O/c1-14-4-3-5-16(12-14)13-24-22(28)25-18-8-6-17(7-9-18)19-10-11-23-21-20(19)15(2)26-27-21/h3-12H,13H2,1-2H3,(H,23,26,27)(H2,24,25,28). The van der Waals surface area contributed by atoms with Gasteiger partial charge in [-0.2, -0.15) is 5.10 Å². The zero-order valence-corrected chi connectivity index (χ0v) is 15.8. The van der Waals surface area contributed by atoms with Crippen molar-refractivity contribution in [1.82, 2.24) is 20.5 Å². The van der Waals surface area contributed by atoms with E-state index >= 15 is 0 Å². The molecule has 6 heteroatoms. The molecule has 3 N–H and O–H groups in total. The number of nitrogens with zero attached hydrogens (tertiary/aromatic N) is 2. The summed E-state index contributed by atoms with van der Waals surface area (Å²) in [5.41, 5.74) is 6.77. The summed E-state index contributed by atoms with van der Waals surface area (Å²) in [7, 11) is 0. The van der Waals surface area contributed by atoms with E-state index in [1.165, 1.54) is 5.56 Å². The van der Waals surface area contributed by atoms with Crippen LogP contribution >= 0.6 is 0 Å². The van der Waals surface area contributed by atoms with Crippen molar-refractivity contribution in [2.24, 2.45) is 0 Å². The Morgan fingerprint density at radius 3 is 2.68 bits per heavy atom. The second kappa shape index (κ2) is 7.52. The summed E-state index contributed by atoms with van der Waals surface area (Å²) in [5.74, 6) is 0. The minimum atomic E-state index is -0.230. The number of pyridine rings is 1. The molecule has 0 radical (unpaired) electrons. The Kier molecular flexibility index (Phi) is 4.76. The van der Waals surface area contributed by atoms with Gasteiger partial charge in [0.2, 0.25) is 0 Å². The highest BCUT2D eigenvalue weighted by molar-refractivity contribution is 5.95. The van der Waals surface area contributed by atoms with Gasteiger partial charge in [-0.25, -0.2) is 9.78 Å². The molecule has 140 valence electrons. The number of anilines is 1. The SMILES string of the molecule is Cc1cccc(CNC(=O)Nc2ccc(-c3ccnc4n[nH]c(C)c34)cc2)c1. The third-order valence-corrected chi connectivity index (χ3v) is 4.62. The van der Waals surface area contributed by atoms with Crippen LogP contribution in [0.5, 0.6) is 0 Å². The Labute approximate surface area is 163 Å². The number of nitrogens with one attached hydrogen (secondary N) is 3. The quantitative estimate of drug-likeness (QED) is 0.492. The van der Waals surface area contributed by atoms with Crippen LogP contribution in [0.25, 0.3) is 22.2 Å². The molecule has 4 rings (SSSR count). The van der Waals surface area contributed by atoms with Crippen LogP contribution in [0.1, 0.15) is 16.8 Å². The van der Waals surface area contributed by atoms with E-state index in [-0.39, 0.29) is 6.03 Å². The van der Waals surface area contributed by atoms with Gasteiger partial charge in [-0.15, -0.1) is 0 Å². The summed E-state index contributed by atoms with van der Waals surface area (Å²) >= 11 is 0. The number of urea groups is 1. The van der Waals surface area contributed by atoms with Crippen molar-refractivity contribution in [3.05, 3.63) is 77.6 Å². The Bertz CT molecular complexity index is 1130. The number of aromatic amines is 1. The number of aromatic nitrogens is 3. The number of aryl methyl sites for hydroxylation is 2. The van der Waals surface area contributed by atoms with Crippen LogP contribution in [0.15, 0.2) is 60.8 Å². The van der Waals surface area contributed by atoms with Gasteiger partial charge in [-0.1, -0.05) is 42.0 Å². The molecule has 0 saturated carbocycles. The van der Waals surface area contributed by atoms with Gasteiger partial charge in [0, 0.05) is 29.5 Å². The molecule has 2 heterocycles. The second-order valence-electron chi connectivity index (χ2n) is 6.78. The molecule has 0 spiro atoms. The van der Waals surface area contributed by atoms with Crippen LogP contribution < -0.4 is 10.6 Å². The number of H-pyrrole nitrogens is 1. The highest BCUT2D eigenvalue weighted by atomic mass is 16.2. The van der Waals surface area contributed by atoms with E-state index in [1.54, 1.807) is 6.20 Å². The number of amides is 2. The Hall–Kier alpha value is -3.67. The highest BCUT2D eigenvalue weighted by Crippen LogP contribution is 2.29. The summed E-state index contributed by atoms with van der Waals surface area (Å²) in [6.45, 7) is 4.50. The molecule has 0 bridgehead atoms. The monoisotopic (exact) mass is 371 g/mol. The number of hydrogen-bond acceptors (Lipinski definition) is 3. The van der Waals surface area contributed by atoms with E-state index in [0.29, 0.717) is 12.2 Å². The molecule has 2 aromatic heterocycles. The maximum atomic E-state index is 12.2. The average molecular weight is 371 g/mol. The zero-order chi connectivity index (χ0) is 19.5. The molecule has 0 aliphatic heterocycles. The first-order valence-electron chi connectivity index (χ1n) is 9.10. The number of carbonyl (C=O) groups is 1. The van der Waals surface area contributed by atoms with E-state index in [9.17, 15) is 4.79 Å². The fourth-order valence-corrected chi connectivity index (χ4v) is 3.25. The molecule has 0 unspecified atom stereocenters. The molecule has 4 aromatic rings. The third-order valence-electron chi connectivity index (χ3n) is 4.62. The van der Waals surface area contributed by atoms with Crippen molar-refractivity contribution >= 4 is 22.8 Å². The van der Waals surface area contributed by atoms with Gasteiger partial charge >= 0.3 is 6.03 Å². The predicted molar refractivity (Wildman–Crippen MR) is 111 cm³/mol. The fourth-order valence-electron chi connectivity index (χ4n) is 3.25. The fraction of sp³-hybridized carbons (Fsp3) is 0.136. The smallest absolute Gasteiger partial charge is 0.319 e. The van der Waals surface area contributed by atoms with E-state index in [4.69, 9.17) is 0 Å². The van der Waals surface area contributed by atoms with E-state index in [1.807, 2.05) is 62.4 Å². The molecule has 0 aliphatic carbocycles. The van der Waals surface area contributed by atoms with Crippen LogP contribution in [0.2, 0.25) is 0 Å². The molecule has 0 saturated heterocycles. The first kappa shape index (κ1) is 17.7. The molecule has 28 heavy (non-hydrogen) atoms. The summed E-state index contributed by atoms with van der Waals surface area (Å²) in [6.07, 6.45) is 1.75. The Morgan fingerprint density at radius 2 is 1.89 bits per heavy atom. The van der Waals surface area contributed by atoms with Crippen LogP contribution in [0.3, 0.4) is 0 Å². The van der Waals surface area contributed by atoms with Gasteiger partial charge in [0.15, 0.2) is 5.65 Å². The maximum absolute atomic E-state index is 12.2. The molecule has 0 aliphatic rings.